The highest BCUT2D eigenvalue weighted by atomic mass is 32.2. The van der Waals surface area contributed by atoms with Crippen molar-refractivity contribution in [1.29, 1.82) is 0 Å². The van der Waals surface area contributed by atoms with Crippen LogP contribution in [0.3, 0.4) is 0 Å². The summed E-state index contributed by atoms with van der Waals surface area (Å²) in [6.45, 7) is 0. The minimum atomic E-state index is 0.815. The number of fused-ring (bicyclic) bond motifs is 1. The van der Waals surface area contributed by atoms with Gasteiger partial charge in [-0.25, -0.2) is 0 Å². The lowest BCUT2D eigenvalue weighted by molar-refractivity contribution is 1.64. The Hall–Kier alpha value is -0.870. The molecule has 0 atom stereocenters. The van der Waals surface area contributed by atoms with Gasteiger partial charge in [0.2, 0.25) is 0 Å². The van der Waals surface area contributed by atoms with Crippen LogP contribution in [0.4, 0.5) is 10.7 Å². The fraction of sp³-hybridized carbons (Fsp3) is 0.111. The van der Waals surface area contributed by atoms with Crippen LogP contribution in [0.2, 0.25) is 0 Å². The molecule has 13 heavy (non-hydrogen) atoms. The predicted molar refractivity (Wildman–Crippen MR) is 62.4 cm³/mol. The third kappa shape index (κ3) is 1.26. The summed E-state index contributed by atoms with van der Waals surface area (Å²) < 4.78 is 1.17. The molecule has 0 fully saturated rings. The lowest BCUT2D eigenvalue weighted by Gasteiger charge is -1.98. The van der Waals surface area contributed by atoms with Crippen LogP contribution in [0.5, 0.6) is 0 Å². The van der Waals surface area contributed by atoms with Crippen molar-refractivity contribution in [2.45, 2.75) is 4.90 Å². The summed E-state index contributed by atoms with van der Waals surface area (Å²) in [5, 5.41) is 1.97. The molecule has 2 aromatic rings. The van der Waals surface area contributed by atoms with Gasteiger partial charge in [-0.1, -0.05) is 6.07 Å². The van der Waals surface area contributed by atoms with Crippen LogP contribution in [-0.2, 0) is 0 Å². The monoisotopic (exact) mass is 210 g/mol. The van der Waals surface area contributed by atoms with Crippen LogP contribution in [-0.4, -0.2) is 6.26 Å². The highest BCUT2D eigenvalue weighted by Gasteiger charge is 2.10. The van der Waals surface area contributed by atoms with Gasteiger partial charge in [-0.3, -0.25) is 0 Å². The number of thioether (sulfide) groups is 1. The van der Waals surface area contributed by atoms with Crippen LogP contribution in [0.15, 0.2) is 23.1 Å². The van der Waals surface area contributed by atoms with Gasteiger partial charge in [-0.2, -0.15) is 0 Å². The number of nitrogens with two attached hydrogens (primary N) is 2. The summed E-state index contributed by atoms with van der Waals surface area (Å²) in [7, 11) is 0. The molecule has 0 radical (unpaired) electrons. The lowest BCUT2D eigenvalue weighted by Crippen LogP contribution is -1.86. The van der Waals surface area contributed by atoms with E-state index in [-0.39, 0.29) is 0 Å². The van der Waals surface area contributed by atoms with Crippen LogP contribution in [0.25, 0.3) is 10.1 Å². The van der Waals surface area contributed by atoms with Crippen LogP contribution in [0, 0.1) is 0 Å². The number of hydrogen-bond acceptors (Lipinski definition) is 4. The standard InChI is InChI=1S/C9H10N2S2/c1-12-8-7-5(10)3-2-4-6(7)13-9(8)11/h2-4H,10-11H2,1H3. The molecular weight excluding hydrogens is 200 g/mol. The predicted octanol–water partition coefficient (Wildman–Crippen LogP) is 2.79. The molecule has 1 aromatic heterocycles. The zero-order valence-electron chi connectivity index (χ0n) is 7.20. The van der Waals surface area contributed by atoms with Crippen molar-refractivity contribution in [3.05, 3.63) is 18.2 Å². The van der Waals surface area contributed by atoms with E-state index in [2.05, 4.69) is 0 Å². The van der Waals surface area contributed by atoms with Gasteiger partial charge in [0, 0.05) is 15.8 Å². The number of thiophene rings is 1. The average molecular weight is 210 g/mol. The molecule has 0 spiro atoms. The topological polar surface area (TPSA) is 52.0 Å². The van der Waals surface area contributed by atoms with Gasteiger partial charge in [0.15, 0.2) is 0 Å². The second-order valence-corrected chi connectivity index (χ2v) is 4.62. The second-order valence-electron chi connectivity index (χ2n) is 2.72. The van der Waals surface area contributed by atoms with E-state index >= 15 is 0 Å². The Morgan fingerprint density at radius 3 is 2.77 bits per heavy atom. The average Bonchev–Trinajstić information content (AvgIpc) is 2.42. The Morgan fingerprint density at radius 1 is 1.31 bits per heavy atom. The summed E-state index contributed by atoms with van der Waals surface area (Å²) in [6, 6.07) is 5.92. The second kappa shape index (κ2) is 3.12. The van der Waals surface area contributed by atoms with E-state index in [9.17, 15) is 0 Å². The molecule has 0 unspecified atom stereocenters. The van der Waals surface area contributed by atoms with E-state index in [1.54, 1.807) is 23.1 Å². The number of nitrogen functional groups attached to an aromatic ring is 2. The van der Waals surface area contributed by atoms with Gasteiger partial charge in [-0.15, -0.1) is 23.1 Å². The Labute approximate surface area is 84.9 Å². The van der Waals surface area contributed by atoms with Gasteiger partial charge in [-0.05, 0) is 18.4 Å². The van der Waals surface area contributed by atoms with E-state index in [1.165, 1.54) is 4.70 Å². The zero-order chi connectivity index (χ0) is 9.42. The van der Waals surface area contributed by atoms with Crippen molar-refractivity contribution in [2.75, 3.05) is 17.7 Å². The van der Waals surface area contributed by atoms with Crippen molar-refractivity contribution in [1.82, 2.24) is 0 Å². The summed E-state index contributed by atoms with van der Waals surface area (Å²) in [5.74, 6) is 0. The SMILES string of the molecule is CSc1c(N)sc2cccc(N)c12. The summed E-state index contributed by atoms with van der Waals surface area (Å²) in [4.78, 5) is 1.11. The molecule has 0 saturated carbocycles. The highest BCUT2D eigenvalue weighted by molar-refractivity contribution is 7.99. The van der Waals surface area contributed by atoms with Gasteiger partial charge >= 0.3 is 0 Å². The molecule has 0 aliphatic carbocycles. The van der Waals surface area contributed by atoms with E-state index in [0.29, 0.717) is 0 Å². The normalized spacial score (nSPS) is 10.8. The molecule has 1 heterocycles. The molecule has 4 heteroatoms. The first-order valence-electron chi connectivity index (χ1n) is 3.84. The molecule has 0 aliphatic rings. The Kier molecular flexibility index (Phi) is 2.09. The maximum Gasteiger partial charge on any atom is 0.101 e. The third-order valence-corrected chi connectivity index (χ3v) is 3.88. The van der Waals surface area contributed by atoms with Crippen molar-refractivity contribution in [3.8, 4) is 0 Å². The minimum absolute atomic E-state index is 0.815. The molecule has 2 nitrogen and oxygen atoms in total. The molecular formula is C9H10N2S2. The summed E-state index contributed by atoms with van der Waals surface area (Å²) in [5.41, 5.74) is 12.6. The van der Waals surface area contributed by atoms with Crippen molar-refractivity contribution >= 4 is 43.9 Å². The number of hydrogen-bond donors (Lipinski definition) is 2. The van der Waals surface area contributed by atoms with Crippen LogP contribution in [0.1, 0.15) is 0 Å². The molecule has 0 bridgehead atoms. The molecule has 0 saturated heterocycles. The molecule has 0 amide bonds. The first kappa shape index (κ1) is 8.72. The maximum atomic E-state index is 5.88. The first-order chi connectivity index (χ1) is 6.24. The number of anilines is 2. The van der Waals surface area contributed by atoms with E-state index in [1.807, 2.05) is 24.5 Å². The van der Waals surface area contributed by atoms with Gasteiger partial charge < -0.3 is 11.5 Å². The smallest absolute Gasteiger partial charge is 0.101 e. The minimum Gasteiger partial charge on any atom is -0.398 e. The molecule has 4 N–H and O–H groups in total. The van der Waals surface area contributed by atoms with Crippen molar-refractivity contribution < 1.29 is 0 Å². The largest absolute Gasteiger partial charge is 0.398 e. The number of rotatable bonds is 1. The Morgan fingerprint density at radius 2 is 2.08 bits per heavy atom. The Bertz CT molecular complexity index is 448. The lowest BCUT2D eigenvalue weighted by atomic mass is 10.2. The molecule has 68 valence electrons. The fourth-order valence-electron chi connectivity index (χ4n) is 1.37. The highest BCUT2D eigenvalue weighted by Crippen LogP contribution is 2.41. The maximum absolute atomic E-state index is 5.88. The Balaban J connectivity index is 2.88. The van der Waals surface area contributed by atoms with Crippen molar-refractivity contribution in [2.24, 2.45) is 0 Å². The van der Waals surface area contributed by atoms with E-state index in [0.717, 1.165) is 21.0 Å². The third-order valence-electron chi connectivity index (χ3n) is 1.93. The van der Waals surface area contributed by atoms with Gasteiger partial charge in [0.1, 0.15) is 5.00 Å². The summed E-state index contributed by atoms with van der Waals surface area (Å²) in [6.07, 6.45) is 2.02. The van der Waals surface area contributed by atoms with E-state index < -0.39 is 0 Å². The molecule has 2 rings (SSSR count). The number of benzene rings is 1. The van der Waals surface area contributed by atoms with Crippen LogP contribution < -0.4 is 11.5 Å². The quantitative estimate of drug-likeness (QED) is 0.562. The molecule has 0 aliphatic heterocycles. The van der Waals surface area contributed by atoms with Gasteiger partial charge in [0.25, 0.3) is 0 Å². The zero-order valence-corrected chi connectivity index (χ0v) is 8.84. The van der Waals surface area contributed by atoms with Gasteiger partial charge in [0.05, 0.1) is 4.90 Å². The van der Waals surface area contributed by atoms with Crippen molar-refractivity contribution in [3.63, 3.8) is 0 Å². The fourth-order valence-corrected chi connectivity index (χ4v) is 3.34. The summed E-state index contributed by atoms with van der Waals surface area (Å²) >= 11 is 3.25. The first-order valence-corrected chi connectivity index (χ1v) is 5.88. The van der Waals surface area contributed by atoms with Crippen LogP contribution >= 0.6 is 23.1 Å². The molecule has 1 aromatic carbocycles. The van der Waals surface area contributed by atoms with E-state index in [4.69, 9.17) is 11.5 Å².